The fraction of sp³-hybridized carbons (Fsp3) is 0.467. The van der Waals surface area contributed by atoms with Crippen molar-refractivity contribution in [2.45, 2.75) is 44.2 Å². The van der Waals surface area contributed by atoms with E-state index in [0.29, 0.717) is 18.5 Å². The maximum atomic E-state index is 13.6. The highest BCUT2D eigenvalue weighted by Crippen LogP contribution is 2.37. The first-order chi connectivity index (χ1) is 9.93. The van der Waals surface area contributed by atoms with E-state index in [-0.39, 0.29) is 16.8 Å². The SMILES string of the molecule is CC1C(=O)NC2(CCCC2)C(=O)N1c1cc(F)cc(Cl)c1. The second-order valence-corrected chi connectivity index (χ2v) is 6.19. The molecule has 1 aromatic carbocycles. The summed E-state index contributed by atoms with van der Waals surface area (Å²) >= 11 is 5.87. The van der Waals surface area contributed by atoms with Crippen LogP contribution in [0.2, 0.25) is 5.02 Å². The van der Waals surface area contributed by atoms with Gasteiger partial charge in [0.15, 0.2) is 0 Å². The summed E-state index contributed by atoms with van der Waals surface area (Å²) in [6.07, 6.45) is 3.06. The minimum absolute atomic E-state index is 0.172. The summed E-state index contributed by atoms with van der Waals surface area (Å²) in [7, 11) is 0. The average molecular weight is 311 g/mol. The molecule has 1 aliphatic heterocycles. The smallest absolute Gasteiger partial charge is 0.253 e. The summed E-state index contributed by atoms with van der Waals surface area (Å²) in [5, 5.41) is 3.07. The molecule has 1 saturated carbocycles. The quantitative estimate of drug-likeness (QED) is 0.867. The highest BCUT2D eigenvalue weighted by molar-refractivity contribution is 6.31. The molecular weight excluding hydrogens is 295 g/mol. The van der Waals surface area contributed by atoms with Crippen LogP contribution in [0.4, 0.5) is 10.1 Å². The molecule has 1 spiro atoms. The van der Waals surface area contributed by atoms with E-state index in [2.05, 4.69) is 5.32 Å². The number of anilines is 1. The summed E-state index contributed by atoms with van der Waals surface area (Å²) in [6.45, 7) is 1.63. The van der Waals surface area contributed by atoms with Crippen molar-refractivity contribution in [3.8, 4) is 0 Å². The van der Waals surface area contributed by atoms with Gasteiger partial charge in [-0.3, -0.25) is 14.5 Å². The number of nitrogens with zero attached hydrogens (tertiary/aromatic N) is 1. The van der Waals surface area contributed by atoms with Gasteiger partial charge in [-0.05, 0) is 38.0 Å². The summed E-state index contributed by atoms with van der Waals surface area (Å²) in [5.74, 6) is -0.908. The van der Waals surface area contributed by atoms with Gasteiger partial charge in [-0.15, -0.1) is 0 Å². The van der Waals surface area contributed by atoms with E-state index in [9.17, 15) is 14.0 Å². The molecule has 1 heterocycles. The molecule has 3 rings (SSSR count). The lowest BCUT2D eigenvalue weighted by molar-refractivity contribution is -0.137. The van der Waals surface area contributed by atoms with Crippen LogP contribution in [-0.2, 0) is 9.59 Å². The zero-order chi connectivity index (χ0) is 15.2. The van der Waals surface area contributed by atoms with Gasteiger partial charge in [-0.2, -0.15) is 0 Å². The fourth-order valence-corrected chi connectivity index (χ4v) is 3.47. The second kappa shape index (κ2) is 4.98. The van der Waals surface area contributed by atoms with Crippen molar-refractivity contribution >= 4 is 29.1 Å². The van der Waals surface area contributed by atoms with Gasteiger partial charge in [0.2, 0.25) is 5.91 Å². The molecule has 0 aromatic heterocycles. The van der Waals surface area contributed by atoms with Crippen LogP contribution in [0.1, 0.15) is 32.6 Å². The molecule has 112 valence electrons. The Bertz CT molecular complexity index is 593. The number of amides is 2. The minimum Gasteiger partial charge on any atom is -0.340 e. The number of rotatable bonds is 1. The van der Waals surface area contributed by atoms with E-state index >= 15 is 0 Å². The third-order valence-electron chi connectivity index (χ3n) is 4.34. The number of carbonyl (C=O) groups is 2. The maximum Gasteiger partial charge on any atom is 0.253 e. The van der Waals surface area contributed by atoms with Crippen LogP contribution in [0.5, 0.6) is 0 Å². The van der Waals surface area contributed by atoms with Crippen LogP contribution in [-0.4, -0.2) is 23.4 Å². The Morgan fingerprint density at radius 3 is 2.57 bits per heavy atom. The number of hydrogen-bond acceptors (Lipinski definition) is 2. The lowest BCUT2D eigenvalue weighted by Crippen LogP contribution is -2.69. The second-order valence-electron chi connectivity index (χ2n) is 5.76. The molecule has 1 atom stereocenters. The van der Waals surface area contributed by atoms with Crippen LogP contribution in [0.3, 0.4) is 0 Å². The zero-order valence-corrected chi connectivity index (χ0v) is 12.4. The third kappa shape index (κ3) is 2.29. The molecule has 1 N–H and O–H groups in total. The Balaban J connectivity index is 2.05. The normalized spacial score (nSPS) is 24.5. The van der Waals surface area contributed by atoms with Crippen molar-refractivity contribution in [1.82, 2.24) is 5.32 Å². The predicted molar refractivity (Wildman–Crippen MR) is 77.7 cm³/mol. The molecule has 2 fully saturated rings. The molecule has 2 amide bonds. The Kier molecular flexibility index (Phi) is 3.40. The number of hydrogen-bond donors (Lipinski definition) is 1. The molecule has 4 nitrogen and oxygen atoms in total. The predicted octanol–water partition coefficient (Wildman–Crippen LogP) is 2.64. The molecule has 1 saturated heterocycles. The highest BCUT2D eigenvalue weighted by Gasteiger charge is 2.51. The first kappa shape index (κ1) is 14.3. The lowest BCUT2D eigenvalue weighted by Gasteiger charge is -2.43. The fourth-order valence-electron chi connectivity index (χ4n) is 3.25. The molecule has 2 aliphatic rings. The van der Waals surface area contributed by atoms with Gasteiger partial charge >= 0.3 is 0 Å². The summed E-state index contributed by atoms with van der Waals surface area (Å²) in [5.41, 5.74) is -0.499. The Morgan fingerprint density at radius 2 is 1.95 bits per heavy atom. The maximum absolute atomic E-state index is 13.6. The van der Waals surface area contributed by atoms with Crippen LogP contribution >= 0.6 is 11.6 Å². The molecule has 1 aliphatic carbocycles. The van der Waals surface area contributed by atoms with Crippen molar-refractivity contribution in [2.75, 3.05) is 4.90 Å². The van der Waals surface area contributed by atoms with Gasteiger partial charge in [-0.1, -0.05) is 24.4 Å². The van der Waals surface area contributed by atoms with E-state index in [4.69, 9.17) is 11.6 Å². The van der Waals surface area contributed by atoms with E-state index in [0.717, 1.165) is 12.8 Å². The lowest BCUT2D eigenvalue weighted by atomic mass is 9.90. The van der Waals surface area contributed by atoms with E-state index in [1.807, 2.05) is 0 Å². The topological polar surface area (TPSA) is 49.4 Å². The standard InChI is InChI=1S/C15H16ClFN2O2/c1-9-13(20)18-15(4-2-3-5-15)14(21)19(9)12-7-10(16)6-11(17)8-12/h6-9H,2-5H2,1H3,(H,18,20). The molecule has 21 heavy (non-hydrogen) atoms. The monoisotopic (exact) mass is 310 g/mol. The van der Waals surface area contributed by atoms with Gasteiger partial charge in [0, 0.05) is 10.7 Å². The largest absolute Gasteiger partial charge is 0.340 e. The molecule has 1 aromatic rings. The summed E-state index contributed by atoms with van der Waals surface area (Å²) in [4.78, 5) is 26.5. The van der Waals surface area contributed by atoms with E-state index < -0.39 is 17.4 Å². The first-order valence-corrected chi connectivity index (χ1v) is 7.42. The van der Waals surface area contributed by atoms with E-state index in [1.165, 1.54) is 23.1 Å². The summed E-state index contributed by atoms with van der Waals surface area (Å²) < 4.78 is 13.6. The van der Waals surface area contributed by atoms with Gasteiger partial charge in [0.05, 0.1) is 0 Å². The van der Waals surface area contributed by atoms with Crippen LogP contribution in [0.15, 0.2) is 18.2 Å². The minimum atomic E-state index is -0.831. The molecule has 1 unspecified atom stereocenters. The molecule has 0 radical (unpaired) electrons. The third-order valence-corrected chi connectivity index (χ3v) is 4.56. The number of benzene rings is 1. The van der Waals surface area contributed by atoms with E-state index in [1.54, 1.807) is 6.92 Å². The summed E-state index contributed by atoms with van der Waals surface area (Å²) in [6, 6.07) is 3.25. The Labute approximate surface area is 127 Å². The highest BCUT2D eigenvalue weighted by atomic mass is 35.5. The van der Waals surface area contributed by atoms with Gasteiger partial charge in [-0.25, -0.2) is 4.39 Å². The van der Waals surface area contributed by atoms with Crippen molar-refractivity contribution in [2.24, 2.45) is 0 Å². The van der Waals surface area contributed by atoms with Gasteiger partial charge < -0.3 is 5.32 Å². The number of piperazine rings is 1. The van der Waals surface area contributed by atoms with Gasteiger partial charge in [0.1, 0.15) is 17.4 Å². The van der Waals surface area contributed by atoms with Crippen molar-refractivity contribution in [1.29, 1.82) is 0 Å². The van der Waals surface area contributed by atoms with Crippen molar-refractivity contribution in [3.05, 3.63) is 29.0 Å². The van der Waals surface area contributed by atoms with Crippen molar-refractivity contribution in [3.63, 3.8) is 0 Å². The first-order valence-electron chi connectivity index (χ1n) is 7.05. The average Bonchev–Trinajstić information content (AvgIpc) is 2.85. The van der Waals surface area contributed by atoms with Crippen molar-refractivity contribution < 1.29 is 14.0 Å². The molecular formula is C15H16ClFN2O2. The van der Waals surface area contributed by atoms with Crippen LogP contribution < -0.4 is 10.2 Å². The Hall–Kier alpha value is -1.62. The number of carbonyl (C=O) groups excluding carboxylic acids is 2. The Morgan fingerprint density at radius 1 is 1.29 bits per heavy atom. The number of nitrogens with one attached hydrogen (secondary N) is 1. The molecule has 6 heteroatoms. The number of halogens is 2. The zero-order valence-electron chi connectivity index (χ0n) is 11.7. The van der Waals surface area contributed by atoms with Gasteiger partial charge in [0.25, 0.3) is 5.91 Å². The van der Waals surface area contributed by atoms with Crippen LogP contribution in [0, 0.1) is 5.82 Å². The molecule has 0 bridgehead atoms. The van der Waals surface area contributed by atoms with Crippen LogP contribution in [0.25, 0.3) is 0 Å².